The van der Waals surface area contributed by atoms with E-state index in [-0.39, 0.29) is 18.7 Å². The number of aliphatic hydroxyl groups is 1. The molecule has 5 heteroatoms. The number of anilines is 1. The van der Waals surface area contributed by atoms with E-state index in [1.165, 1.54) is 5.56 Å². The predicted octanol–water partition coefficient (Wildman–Crippen LogP) is 2.81. The monoisotopic (exact) mass is 314 g/mol. The summed E-state index contributed by atoms with van der Waals surface area (Å²) in [6.07, 6.45) is 0.795. The van der Waals surface area contributed by atoms with Crippen LogP contribution in [0.2, 0.25) is 0 Å². The number of benzene rings is 2. The highest BCUT2D eigenvalue weighted by Gasteiger charge is 2.09. The minimum Gasteiger partial charge on any atom is -0.491 e. The molecular formula is C18H22N2O3. The lowest BCUT2D eigenvalue weighted by Crippen LogP contribution is -2.38. The van der Waals surface area contributed by atoms with Gasteiger partial charge in [0.25, 0.3) is 0 Å². The maximum absolute atomic E-state index is 11.8. The Morgan fingerprint density at radius 1 is 1.13 bits per heavy atom. The molecule has 0 aliphatic rings. The first-order chi connectivity index (χ1) is 11.2. The van der Waals surface area contributed by atoms with E-state index in [0.29, 0.717) is 18.0 Å². The number of carbonyl (C=O) groups is 1. The van der Waals surface area contributed by atoms with E-state index in [9.17, 15) is 4.79 Å². The quantitative estimate of drug-likeness (QED) is 0.736. The van der Waals surface area contributed by atoms with Gasteiger partial charge in [0.05, 0.1) is 24.9 Å². The lowest BCUT2D eigenvalue weighted by atomic mass is 10.2. The first-order valence-corrected chi connectivity index (χ1v) is 7.63. The second-order valence-corrected chi connectivity index (χ2v) is 5.26. The van der Waals surface area contributed by atoms with Crippen molar-refractivity contribution >= 4 is 11.7 Å². The van der Waals surface area contributed by atoms with Crippen molar-refractivity contribution in [2.75, 3.05) is 18.5 Å². The molecule has 2 rings (SSSR count). The third kappa shape index (κ3) is 5.64. The molecular weight excluding hydrogens is 292 g/mol. The fraction of sp³-hybridized carbons (Fsp3) is 0.278. The largest absolute Gasteiger partial charge is 0.491 e. The zero-order valence-electron chi connectivity index (χ0n) is 13.2. The van der Waals surface area contributed by atoms with Crippen molar-refractivity contribution < 1.29 is 14.6 Å². The molecule has 0 aliphatic heterocycles. The molecule has 2 aromatic carbocycles. The summed E-state index contributed by atoms with van der Waals surface area (Å²) < 4.78 is 5.78. The van der Waals surface area contributed by atoms with Crippen LogP contribution in [0.3, 0.4) is 0 Å². The Kier molecular flexibility index (Phi) is 6.44. The fourth-order valence-corrected chi connectivity index (χ4v) is 2.05. The topological polar surface area (TPSA) is 70.6 Å². The average molecular weight is 314 g/mol. The Morgan fingerprint density at radius 2 is 1.83 bits per heavy atom. The van der Waals surface area contributed by atoms with E-state index >= 15 is 0 Å². The molecule has 0 aromatic heterocycles. The van der Waals surface area contributed by atoms with Gasteiger partial charge in [-0.1, -0.05) is 42.5 Å². The fourth-order valence-electron chi connectivity index (χ4n) is 2.05. The highest BCUT2D eigenvalue weighted by atomic mass is 16.5. The van der Waals surface area contributed by atoms with E-state index in [2.05, 4.69) is 22.8 Å². The highest BCUT2D eigenvalue weighted by molar-refractivity contribution is 5.91. The van der Waals surface area contributed by atoms with E-state index in [1.807, 2.05) is 36.4 Å². The average Bonchev–Trinajstić information content (AvgIpc) is 2.57. The van der Waals surface area contributed by atoms with Gasteiger partial charge in [-0.05, 0) is 24.6 Å². The zero-order valence-corrected chi connectivity index (χ0v) is 13.2. The molecule has 2 amide bonds. The lowest BCUT2D eigenvalue weighted by Gasteiger charge is -2.15. The molecule has 1 atom stereocenters. The molecule has 0 spiro atoms. The van der Waals surface area contributed by atoms with E-state index in [1.54, 1.807) is 13.0 Å². The summed E-state index contributed by atoms with van der Waals surface area (Å²) in [5, 5.41) is 14.3. The van der Waals surface area contributed by atoms with Crippen LogP contribution in [-0.2, 0) is 6.42 Å². The van der Waals surface area contributed by atoms with Gasteiger partial charge in [0.2, 0.25) is 0 Å². The van der Waals surface area contributed by atoms with Gasteiger partial charge in [-0.25, -0.2) is 4.79 Å². The third-order valence-electron chi connectivity index (χ3n) is 3.28. The Hall–Kier alpha value is -2.53. The summed E-state index contributed by atoms with van der Waals surface area (Å²) in [5.41, 5.74) is 1.80. The molecule has 0 saturated heterocycles. The summed E-state index contributed by atoms with van der Waals surface area (Å²) in [6, 6.07) is 16.7. The molecule has 3 N–H and O–H groups in total. The first kappa shape index (κ1) is 16.8. The maximum Gasteiger partial charge on any atom is 0.319 e. The van der Waals surface area contributed by atoms with E-state index in [4.69, 9.17) is 9.84 Å². The molecule has 0 saturated carbocycles. The summed E-state index contributed by atoms with van der Waals surface area (Å²) in [6.45, 7) is 2.14. The van der Waals surface area contributed by atoms with Crippen LogP contribution in [-0.4, -0.2) is 30.4 Å². The second-order valence-electron chi connectivity index (χ2n) is 5.26. The zero-order chi connectivity index (χ0) is 16.5. The van der Waals surface area contributed by atoms with Crippen LogP contribution in [0, 0.1) is 0 Å². The van der Waals surface area contributed by atoms with Gasteiger partial charge >= 0.3 is 6.03 Å². The van der Waals surface area contributed by atoms with Gasteiger partial charge in [-0.15, -0.1) is 0 Å². The molecule has 122 valence electrons. The second kappa shape index (κ2) is 8.80. The molecule has 0 radical (unpaired) electrons. The maximum atomic E-state index is 11.8. The minimum atomic E-state index is -0.370. The van der Waals surface area contributed by atoms with Crippen molar-refractivity contribution in [3.63, 3.8) is 0 Å². The van der Waals surface area contributed by atoms with E-state index in [0.717, 1.165) is 6.42 Å². The number of hydrogen-bond donors (Lipinski definition) is 3. The van der Waals surface area contributed by atoms with Gasteiger partial charge in [0, 0.05) is 6.42 Å². The van der Waals surface area contributed by atoms with Crippen molar-refractivity contribution in [1.82, 2.24) is 5.32 Å². The van der Waals surface area contributed by atoms with Crippen molar-refractivity contribution in [3.8, 4) is 5.75 Å². The Bertz CT molecular complexity index is 617. The van der Waals surface area contributed by atoms with Crippen LogP contribution in [0.5, 0.6) is 5.75 Å². The third-order valence-corrected chi connectivity index (χ3v) is 3.28. The van der Waals surface area contributed by atoms with Crippen molar-refractivity contribution in [2.45, 2.75) is 19.4 Å². The van der Waals surface area contributed by atoms with Crippen LogP contribution in [0.1, 0.15) is 12.5 Å². The first-order valence-electron chi connectivity index (χ1n) is 7.63. The standard InChI is InChI=1S/C18H22N2O3/c1-14(13-21)19-18(22)20-16-9-5-6-10-17(16)23-12-11-15-7-3-2-4-8-15/h2-10,14,21H,11-13H2,1H3,(H2,19,20,22)/t14-/m0/s1. The summed E-state index contributed by atoms with van der Waals surface area (Å²) in [5.74, 6) is 0.621. The summed E-state index contributed by atoms with van der Waals surface area (Å²) in [4.78, 5) is 11.8. The van der Waals surface area contributed by atoms with Gasteiger partial charge in [-0.3, -0.25) is 0 Å². The van der Waals surface area contributed by atoms with E-state index < -0.39 is 0 Å². The van der Waals surface area contributed by atoms with Gasteiger partial charge in [-0.2, -0.15) is 0 Å². The van der Waals surface area contributed by atoms with Gasteiger partial charge < -0.3 is 20.5 Å². The van der Waals surface area contributed by atoms with Crippen LogP contribution in [0.15, 0.2) is 54.6 Å². The Labute approximate surface area is 136 Å². The van der Waals surface area contributed by atoms with Crippen molar-refractivity contribution in [1.29, 1.82) is 0 Å². The molecule has 0 heterocycles. The minimum absolute atomic E-state index is 0.108. The molecule has 0 aliphatic carbocycles. The van der Waals surface area contributed by atoms with Crippen molar-refractivity contribution in [3.05, 3.63) is 60.2 Å². The Morgan fingerprint density at radius 3 is 2.57 bits per heavy atom. The van der Waals surface area contributed by atoms with Crippen molar-refractivity contribution in [2.24, 2.45) is 0 Å². The number of nitrogens with one attached hydrogen (secondary N) is 2. The molecule has 0 bridgehead atoms. The van der Waals surface area contributed by atoms with Gasteiger partial charge in [0.1, 0.15) is 5.75 Å². The number of ether oxygens (including phenoxy) is 1. The number of rotatable bonds is 7. The lowest BCUT2D eigenvalue weighted by molar-refractivity contribution is 0.229. The Balaban J connectivity index is 1.90. The number of amides is 2. The normalized spacial score (nSPS) is 11.6. The number of aliphatic hydroxyl groups excluding tert-OH is 1. The number of carbonyl (C=O) groups excluding carboxylic acids is 1. The molecule has 23 heavy (non-hydrogen) atoms. The number of urea groups is 1. The SMILES string of the molecule is C[C@@H](CO)NC(=O)Nc1ccccc1OCCc1ccccc1. The van der Waals surface area contributed by atoms with Crippen LogP contribution < -0.4 is 15.4 Å². The summed E-state index contributed by atoms with van der Waals surface area (Å²) in [7, 11) is 0. The number of para-hydroxylation sites is 2. The molecule has 5 nitrogen and oxygen atoms in total. The molecule has 0 fully saturated rings. The summed E-state index contributed by atoms with van der Waals surface area (Å²) >= 11 is 0. The number of hydrogen-bond acceptors (Lipinski definition) is 3. The molecule has 2 aromatic rings. The smallest absolute Gasteiger partial charge is 0.319 e. The molecule has 0 unspecified atom stereocenters. The predicted molar refractivity (Wildman–Crippen MR) is 90.8 cm³/mol. The van der Waals surface area contributed by atoms with Crippen LogP contribution in [0.4, 0.5) is 10.5 Å². The van der Waals surface area contributed by atoms with Gasteiger partial charge in [0.15, 0.2) is 0 Å². The van der Waals surface area contributed by atoms with Crippen LogP contribution >= 0.6 is 0 Å². The van der Waals surface area contributed by atoms with Crippen LogP contribution in [0.25, 0.3) is 0 Å². The highest BCUT2D eigenvalue weighted by Crippen LogP contribution is 2.23.